The predicted molar refractivity (Wildman–Crippen MR) is 41.9 cm³/mol. The summed E-state index contributed by atoms with van der Waals surface area (Å²) < 4.78 is 10.2. The molecule has 0 aromatic rings. The number of rotatable bonds is 5. The van der Waals surface area contributed by atoms with Crippen LogP contribution in [0.5, 0.6) is 0 Å². The van der Waals surface area contributed by atoms with Crippen LogP contribution in [0.4, 0.5) is 0 Å². The lowest BCUT2D eigenvalue weighted by molar-refractivity contribution is -0.122. The number of hydrogen-bond donors (Lipinski definition) is 0. The lowest BCUT2D eigenvalue weighted by Gasteiger charge is -2.21. The molecule has 0 bridgehead atoms. The number of ether oxygens (including phenoxy) is 2. The molecule has 0 N–H and O–H groups in total. The maximum atomic E-state index is 8.39. The molecule has 3 heteroatoms. The molecule has 0 heterocycles. The molecule has 0 fully saturated rings. The summed E-state index contributed by atoms with van der Waals surface area (Å²) in [5.41, 5.74) is -0.385. The van der Waals surface area contributed by atoms with Crippen molar-refractivity contribution in [3.05, 3.63) is 0 Å². The van der Waals surface area contributed by atoms with Crippen molar-refractivity contribution in [3.63, 3.8) is 0 Å². The minimum absolute atomic E-state index is 0.269. The average molecular weight is 157 g/mol. The Labute approximate surface area is 67.9 Å². The molecule has 0 saturated heterocycles. The van der Waals surface area contributed by atoms with Crippen molar-refractivity contribution < 1.29 is 9.47 Å². The van der Waals surface area contributed by atoms with Crippen LogP contribution in [0.3, 0.4) is 0 Å². The van der Waals surface area contributed by atoms with Gasteiger partial charge in [-0.05, 0) is 20.8 Å². The number of hydrogen-bond acceptors (Lipinski definition) is 3. The van der Waals surface area contributed by atoms with Crippen molar-refractivity contribution in [1.29, 1.82) is 5.26 Å². The van der Waals surface area contributed by atoms with E-state index in [1.165, 1.54) is 0 Å². The Morgan fingerprint density at radius 2 is 2.09 bits per heavy atom. The van der Waals surface area contributed by atoms with E-state index >= 15 is 0 Å². The molecule has 0 rings (SSSR count). The largest absolute Gasteiger partial charge is 0.356 e. The van der Waals surface area contributed by atoms with Crippen molar-refractivity contribution in [2.24, 2.45) is 0 Å². The van der Waals surface area contributed by atoms with Gasteiger partial charge in [0.05, 0.1) is 18.1 Å². The molecule has 3 nitrogen and oxygen atoms in total. The SMILES string of the molecule is CCOCOC(C)(C)CC#N. The van der Waals surface area contributed by atoms with E-state index in [0.29, 0.717) is 13.0 Å². The van der Waals surface area contributed by atoms with Crippen molar-refractivity contribution in [2.45, 2.75) is 32.8 Å². The van der Waals surface area contributed by atoms with Gasteiger partial charge in [0.2, 0.25) is 0 Å². The van der Waals surface area contributed by atoms with Gasteiger partial charge in [0.1, 0.15) is 6.79 Å². The van der Waals surface area contributed by atoms with Gasteiger partial charge in [0, 0.05) is 6.61 Å². The highest BCUT2D eigenvalue weighted by atomic mass is 16.7. The molecule has 0 aliphatic carbocycles. The van der Waals surface area contributed by atoms with Gasteiger partial charge in [0.15, 0.2) is 0 Å². The van der Waals surface area contributed by atoms with Gasteiger partial charge in [-0.1, -0.05) is 0 Å². The summed E-state index contributed by atoms with van der Waals surface area (Å²) >= 11 is 0. The highest BCUT2D eigenvalue weighted by Crippen LogP contribution is 2.12. The zero-order chi connectivity index (χ0) is 8.74. The van der Waals surface area contributed by atoms with E-state index in [9.17, 15) is 0 Å². The Morgan fingerprint density at radius 1 is 1.45 bits per heavy atom. The minimum Gasteiger partial charge on any atom is -0.356 e. The lowest BCUT2D eigenvalue weighted by atomic mass is 10.1. The van der Waals surface area contributed by atoms with E-state index in [-0.39, 0.29) is 12.4 Å². The number of nitrogens with zero attached hydrogens (tertiary/aromatic N) is 1. The summed E-state index contributed by atoms with van der Waals surface area (Å²) in [6.45, 7) is 6.55. The summed E-state index contributed by atoms with van der Waals surface area (Å²) in [4.78, 5) is 0. The van der Waals surface area contributed by atoms with Gasteiger partial charge in [0.25, 0.3) is 0 Å². The monoisotopic (exact) mass is 157 g/mol. The molecule has 0 unspecified atom stereocenters. The second kappa shape index (κ2) is 5.11. The first kappa shape index (κ1) is 10.4. The van der Waals surface area contributed by atoms with Crippen LogP contribution in [-0.4, -0.2) is 19.0 Å². The average Bonchev–Trinajstić information content (AvgIpc) is 1.87. The first-order chi connectivity index (χ1) is 5.12. The van der Waals surface area contributed by atoms with Crippen molar-refractivity contribution in [1.82, 2.24) is 0 Å². The van der Waals surface area contributed by atoms with Crippen molar-refractivity contribution >= 4 is 0 Å². The molecule has 11 heavy (non-hydrogen) atoms. The molecular formula is C8H15NO2. The molecule has 0 aliphatic heterocycles. The highest BCUT2D eigenvalue weighted by Gasteiger charge is 2.17. The van der Waals surface area contributed by atoms with Crippen molar-refractivity contribution in [3.8, 4) is 6.07 Å². The van der Waals surface area contributed by atoms with Crippen molar-refractivity contribution in [2.75, 3.05) is 13.4 Å². The van der Waals surface area contributed by atoms with Gasteiger partial charge in [-0.25, -0.2) is 0 Å². The maximum Gasteiger partial charge on any atom is 0.147 e. The van der Waals surface area contributed by atoms with Crippen LogP contribution in [0.25, 0.3) is 0 Å². The summed E-state index contributed by atoms with van der Waals surface area (Å²) in [6.07, 6.45) is 0.389. The van der Waals surface area contributed by atoms with Crippen LogP contribution in [0.2, 0.25) is 0 Å². The predicted octanol–water partition coefficient (Wildman–Crippen LogP) is 1.69. The second-order valence-electron chi connectivity index (χ2n) is 2.85. The molecule has 0 amide bonds. The zero-order valence-electron chi connectivity index (χ0n) is 7.39. The topological polar surface area (TPSA) is 42.2 Å². The molecule has 0 saturated carbocycles. The second-order valence-corrected chi connectivity index (χ2v) is 2.85. The van der Waals surface area contributed by atoms with E-state index in [1.54, 1.807) is 0 Å². The molecule has 0 atom stereocenters. The summed E-state index contributed by atoms with van der Waals surface area (Å²) in [5.74, 6) is 0. The quantitative estimate of drug-likeness (QED) is 0.450. The Hall–Kier alpha value is -0.590. The Balaban J connectivity index is 3.48. The zero-order valence-corrected chi connectivity index (χ0v) is 7.39. The molecule has 0 aliphatic rings. The normalized spacial score (nSPS) is 11.1. The first-order valence-electron chi connectivity index (χ1n) is 3.71. The van der Waals surface area contributed by atoms with E-state index in [2.05, 4.69) is 6.07 Å². The van der Waals surface area contributed by atoms with Gasteiger partial charge in [-0.2, -0.15) is 5.26 Å². The molecular weight excluding hydrogens is 142 g/mol. The van der Waals surface area contributed by atoms with Gasteiger partial charge in [-0.15, -0.1) is 0 Å². The van der Waals surface area contributed by atoms with Crippen LogP contribution in [0.1, 0.15) is 27.2 Å². The summed E-state index contributed by atoms with van der Waals surface area (Å²) in [5, 5.41) is 8.39. The standard InChI is InChI=1S/C8H15NO2/c1-4-10-7-11-8(2,3)5-6-9/h4-5,7H2,1-3H3. The van der Waals surface area contributed by atoms with Crippen LogP contribution < -0.4 is 0 Å². The van der Waals surface area contributed by atoms with Crippen LogP contribution in [0.15, 0.2) is 0 Å². The fraction of sp³-hybridized carbons (Fsp3) is 0.875. The fourth-order valence-electron chi connectivity index (χ4n) is 0.526. The third-order valence-electron chi connectivity index (χ3n) is 1.24. The summed E-state index contributed by atoms with van der Waals surface area (Å²) in [7, 11) is 0. The fourth-order valence-corrected chi connectivity index (χ4v) is 0.526. The lowest BCUT2D eigenvalue weighted by Crippen LogP contribution is -2.25. The molecule has 64 valence electrons. The number of nitriles is 1. The Bertz CT molecular complexity index is 138. The van der Waals surface area contributed by atoms with E-state index < -0.39 is 0 Å². The van der Waals surface area contributed by atoms with Crippen LogP contribution in [-0.2, 0) is 9.47 Å². The molecule has 0 spiro atoms. The van der Waals surface area contributed by atoms with Crippen LogP contribution >= 0.6 is 0 Å². The minimum atomic E-state index is -0.385. The smallest absolute Gasteiger partial charge is 0.147 e. The Kier molecular flexibility index (Phi) is 4.84. The van der Waals surface area contributed by atoms with E-state index in [4.69, 9.17) is 14.7 Å². The molecule has 0 aromatic heterocycles. The molecule has 0 aromatic carbocycles. The van der Waals surface area contributed by atoms with E-state index in [0.717, 1.165) is 0 Å². The first-order valence-corrected chi connectivity index (χ1v) is 3.71. The van der Waals surface area contributed by atoms with Gasteiger partial charge >= 0.3 is 0 Å². The summed E-state index contributed by atoms with van der Waals surface area (Å²) in [6, 6.07) is 2.05. The van der Waals surface area contributed by atoms with Crippen LogP contribution in [0, 0.1) is 11.3 Å². The van der Waals surface area contributed by atoms with Gasteiger partial charge < -0.3 is 9.47 Å². The molecule has 0 radical (unpaired) electrons. The van der Waals surface area contributed by atoms with E-state index in [1.807, 2.05) is 20.8 Å². The van der Waals surface area contributed by atoms with Gasteiger partial charge in [-0.3, -0.25) is 0 Å². The third-order valence-corrected chi connectivity index (χ3v) is 1.24. The third kappa shape index (κ3) is 5.84. The highest BCUT2D eigenvalue weighted by molar-refractivity contribution is 4.82. The Morgan fingerprint density at radius 3 is 2.55 bits per heavy atom. The maximum absolute atomic E-state index is 8.39.